The summed E-state index contributed by atoms with van der Waals surface area (Å²) >= 11 is 0. The number of nitrogens with zero attached hydrogens (tertiary/aromatic N) is 1. The van der Waals surface area contributed by atoms with Crippen molar-refractivity contribution in [1.29, 1.82) is 5.26 Å². The molecule has 0 aliphatic heterocycles. The quantitative estimate of drug-likeness (QED) is 0.625. The Labute approximate surface area is 118 Å². The van der Waals surface area contributed by atoms with Crippen molar-refractivity contribution < 1.29 is 14.3 Å². The molecule has 1 atom stereocenters. The molecular formula is C16H17NO3. The molecule has 104 valence electrons. The van der Waals surface area contributed by atoms with Crippen LogP contribution in [0.2, 0.25) is 0 Å². The summed E-state index contributed by atoms with van der Waals surface area (Å²) in [6.45, 7) is 1.54. The summed E-state index contributed by atoms with van der Waals surface area (Å²) in [7, 11) is 1.36. The smallest absolute Gasteiger partial charge is 0.313 e. The molecular weight excluding hydrogens is 254 g/mol. The van der Waals surface area contributed by atoms with Gasteiger partial charge in [-0.25, -0.2) is 0 Å². The van der Waals surface area contributed by atoms with Crippen molar-refractivity contribution in [2.24, 2.45) is 5.41 Å². The number of Topliss-reactive ketones (excluding diaryl/α,β-unsaturated/α-hetero) is 1. The summed E-state index contributed by atoms with van der Waals surface area (Å²) in [5.41, 5.74) is 2.07. The molecule has 0 saturated carbocycles. The first kappa shape index (κ1) is 14.3. The molecule has 0 spiro atoms. The lowest BCUT2D eigenvalue weighted by molar-refractivity contribution is -0.153. The van der Waals surface area contributed by atoms with E-state index in [2.05, 4.69) is 6.07 Å². The molecule has 0 radical (unpaired) electrons. The van der Waals surface area contributed by atoms with E-state index in [0.717, 1.165) is 11.1 Å². The lowest BCUT2D eigenvalue weighted by Gasteiger charge is -2.34. The Balaban J connectivity index is 2.36. The van der Waals surface area contributed by atoms with Gasteiger partial charge >= 0.3 is 5.97 Å². The second-order valence-corrected chi connectivity index (χ2v) is 5.32. The molecule has 1 aromatic carbocycles. The van der Waals surface area contributed by atoms with E-state index in [0.29, 0.717) is 24.8 Å². The van der Waals surface area contributed by atoms with Crippen molar-refractivity contribution in [1.82, 2.24) is 0 Å². The molecule has 0 saturated heterocycles. The molecule has 0 bridgehead atoms. The van der Waals surface area contributed by atoms with E-state index >= 15 is 0 Å². The van der Waals surface area contributed by atoms with Crippen molar-refractivity contribution in [3.8, 4) is 6.07 Å². The number of aryl methyl sites for hydroxylation is 1. The van der Waals surface area contributed by atoms with Crippen LogP contribution in [0.25, 0.3) is 0 Å². The van der Waals surface area contributed by atoms with E-state index in [1.807, 2.05) is 12.1 Å². The Morgan fingerprint density at radius 1 is 1.40 bits per heavy atom. The van der Waals surface area contributed by atoms with Crippen molar-refractivity contribution in [3.63, 3.8) is 0 Å². The molecule has 1 aromatic rings. The maximum Gasteiger partial charge on any atom is 0.313 e. The number of fused-ring (bicyclic) bond motifs is 1. The van der Waals surface area contributed by atoms with Crippen LogP contribution in [0.4, 0.5) is 0 Å². The number of ether oxygens (including phenoxy) is 1. The highest BCUT2D eigenvalue weighted by Gasteiger charge is 2.42. The van der Waals surface area contributed by atoms with Gasteiger partial charge < -0.3 is 4.74 Å². The number of esters is 1. The number of rotatable bonds is 3. The molecule has 20 heavy (non-hydrogen) atoms. The summed E-state index contributed by atoms with van der Waals surface area (Å²) in [4.78, 5) is 23.4. The Morgan fingerprint density at radius 3 is 2.75 bits per heavy atom. The van der Waals surface area contributed by atoms with E-state index in [-0.39, 0.29) is 18.2 Å². The minimum atomic E-state index is -0.742. The normalized spacial score (nSPS) is 20.6. The first-order chi connectivity index (χ1) is 9.52. The van der Waals surface area contributed by atoms with Gasteiger partial charge in [-0.1, -0.05) is 12.1 Å². The molecule has 1 aliphatic rings. The van der Waals surface area contributed by atoms with Gasteiger partial charge in [0.05, 0.1) is 25.0 Å². The second kappa shape index (κ2) is 5.46. The monoisotopic (exact) mass is 271 g/mol. The largest absolute Gasteiger partial charge is 0.469 e. The Morgan fingerprint density at radius 2 is 2.15 bits per heavy atom. The van der Waals surface area contributed by atoms with Crippen molar-refractivity contribution in [2.75, 3.05) is 7.11 Å². The van der Waals surface area contributed by atoms with Crippen LogP contribution >= 0.6 is 0 Å². The van der Waals surface area contributed by atoms with Gasteiger partial charge in [-0.15, -0.1) is 0 Å². The highest BCUT2D eigenvalue weighted by atomic mass is 16.5. The standard InChI is InChI=1S/C16H17NO3/c1-11(18)12-3-4-14-10-16(7-8-17,15(19)20-2)6-5-13(14)9-12/h3-4,9H,5-7,10H2,1-2H3. The number of ketones is 1. The average Bonchev–Trinajstić information content (AvgIpc) is 2.45. The van der Waals surface area contributed by atoms with Gasteiger partial charge in [0.1, 0.15) is 0 Å². The SMILES string of the molecule is COC(=O)C1(CC#N)CCc2cc(C(C)=O)ccc2C1. The highest BCUT2D eigenvalue weighted by Crippen LogP contribution is 2.39. The highest BCUT2D eigenvalue weighted by molar-refractivity contribution is 5.94. The van der Waals surface area contributed by atoms with Crippen LogP contribution < -0.4 is 0 Å². The Kier molecular flexibility index (Phi) is 3.89. The van der Waals surface area contributed by atoms with Crippen LogP contribution in [-0.2, 0) is 22.4 Å². The van der Waals surface area contributed by atoms with Gasteiger partial charge in [0.2, 0.25) is 0 Å². The summed E-state index contributed by atoms with van der Waals surface area (Å²) in [6, 6.07) is 7.66. The molecule has 4 heteroatoms. The molecule has 0 aromatic heterocycles. The second-order valence-electron chi connectivity index (χ2n) is 5.32. The third-order valence-electron chi connectivity index (χ3n) is 4.05. The lowest BCUT2D eigenvalue weighted by Crippen LogP contribution is -2.37. The average molecular weight is 271 g/mol. The molecule has 1 aliphatic carbocycles. The lowest BCUT2D eigenvalue weighted by atomic mass is 9.69. The molecule has 0 amide bonds. The van der Waals surface area contributed by atoms with Crippen LogP contribution in [-0.4, -0.2) is 18.9 Å². The number of nitriles is 1. The topological polar surface area (TPSA) is 67.2 Å². The van der Waals surface area contributed by atoms with Crippen LogP contribution in [0, 0.1) is 16.7 Å². The number of carbonyl (C=O) groups excluding carboxylic acids is 2. The molecule has 2 rings (SSSR count). The zero-order valence-corrected chi connectivity index (χ0v) is 11.7. The van der Waals surface area contributed by atoms with Crippen LogP contribution in [0.5, 0.6) is 0 Å². The fraction of sp³-hybridized carbons (Fsp3) is 0.438. The van der Waals surface area contributed by atoms with E-state index in [4.69, 9.17) is 10.00 Å². The fourth-order valence-electron chi connectivity index (χ4n) is 2.84. The number of hydrogen-bond acceptors (Lipinski definition) is 4. The van der Waals surface area contributed by atoms with Gasteiger partial charge in [-0.05, 0) is 43.4 Å². The van der Waals surface area contributed by atoms with Crippen LogP contribution in [0.3, 0.4) is 0 Å². The predicted molar refractivity (Wildman–Crippen MR) is 73.2 cm³/mol. The third-order valence-corrected chi connectivity index (χ3v) is 4.05. The van der Waals surface area contributed by atoms with Gasteiger partial charge in [-0.3, -0.25) is 9.59 Å². The summed E-state index contributed by atoms with van der Waals surface area (Å²) < 4.78 is 4.88. The van der Waals surface area contributed by atoms with Gasteiger partial charge in [0.25, 0.3) is 0 Å². The van der Waals surface area contributed by atoms with E-state index in [1.165, 1.54) is 7.11 Å². The number of carbonyl (C=O) groups is 2. The van der Waals surface area contributed by atoms with Crippen molar-refractivity contribution in [3.05, 3.63) is 34.9 Å². The van der Waals surface area contributed by atoms with E-state index < -0.39 is 5.41 Å². The maximum absolute atomic E-state index is 12.0. The van der Waals surface area contributed by atoms with Crippen LogP contribution in [0.15, 0.2) is 18.2 Å². The van der Waals surface area contributed by atoms with Crippen molar-refractivity contribution >= 4 is 11.8 Å². The first-order valence-corrected chi connectivity index (χ1v) is 6.60. The predicted octanol–water partition coefficient (Wildman–Crippen LogP) is 2.45. The van der Waals surface area contributed by atoms with Gasteiger partial charge in [0, 0.05) is 5.56 Å². The number of benzene rings is 1. The van der Waals surface area contributed by atoms with Crippen LogP contribution in [0.1, 0.15) is 41.3 Å². The van der Waals surface area contributed by atoms with Gasteiger partial charge in [-0.2, -0.15) is 5.26 Å². The summed E-state index contributed by atoms with van der Waals surface area (Å²) in [5.74, 6) is -0.282. The zero-order valence-electron chi connectivity index (χ0n) is 11.7. The van der Waals surface area contributed by atoms with Crippen molar-refractivity contribution in [2.45, 2.75) is 32.6 Å². The molecule has 1 unspecified atom stereocenters. The zero-order chi connectivity index (χ0) is 14.8. The first-order valence-electron chi connectivity index (χ1n) is 6.60. The van der Waals surface area contributed by atoms with Gasteiger partial charge in [0.15, 0.2) is 5.78 Å². The minimum Gasteiger partial charge on any atom is -0.469 e. The number of methoxy groups -OCH3 is 1. The van der Waals surface area contributed by atoms with E-state index in [9.17, 15) is 9.59 Å². The third kappa shape index (κ3) is 2.44. The Hall–Kier alpha value is -2.15. The minimum absolute atomic E-state index is 0.0367. The molecule has 0 N–H and O–H groups in total. The summed E-state index contributed by atoms with van der Waals surface area (Å²) in [5, 5.41) is 8.99. The molecule has 4 nitrogen and oxygen atoms in total. The fourth-order valence-corrected chi connectivity index (χ4v) is 2.84. The summed E-state index contributed by atoms with van der Waals surface area (Å²) in [6.07, 6.45) is 1.93. The maximum atomic E-state index is 12.0. The Bertz CT molecular complexity index is 600. The molecule has 0 heterocycles. The molecule has 0 fully saturated rings. The van der Waals surface area contributed by atoms with E-state index in [1.54, 1.807) is 13.0 Å². The number of hydrogen-bond donors (Lipinski definition) is 0.